The number of hydrogen-bond acceptors (Lipinski definition) is 6. The number of hydrogen-bond donors (Lipinski definition) is 1. The third-order valence-electron chi connectivity index (χ3n) is 5.84. The number of ether oxygens (including phenoxy) is 1. The molecule has 2 aliphatic heterocycles. The standard InChI is InChI=1S/C20H27N3O3/c1-13-18(23-9-8-22(2)14(11-23)12-25-3)5-4-16-15-6-7-21-10-17(15)20(24)26-19(13)16/h4-5,14,21H,6-12H2,1-3H3/t14-/m1/s1. The molecule has 0 radical (unpaired) electrons. The summed E-state index contributed by atoms with van der Waals surface area (Å²) in [6.07, 6.45) is 0.876. The molecule has 2 aliphatic rings. The quantitative estimate of drug-likeness (QED) is 0.841. The van der Waals surface area contributed by atoms with Crippen LogP contribution in [0.5, 0.6) is 0 Å². The van der Waals surface area contributed by atoms with Gasteiger partial charge >= 0.3 is 5.63 Å². The van der Waals surface area contributed by atoms with Crippen molar-refractivity contribution in [3.05, 3.63) is 39.2 Å². The Hall–Kier alpha value is -1.89. The van der Waals surface area contributed by atoms with Crippen LogP contribution in [-0.4, -0.2) is 57.9 Å². The molecule has 0 spiro atoms. The van der Waals surface area contributed by atoms with E-state index in [-0.39, 0.29) is 5.63 Å². The minimum Gasteiger partial charge on any atom is -0.422 e. The molecule has 1 aromatic carbocycles. The van der Waals surface area contributed by atoms with E-state index in [0.29, 0.717) is 12.6 Å². The lowest BCUT2D eigenvalue weighted by atomic mass is 9.96. The van der Waals surface area contributed by atoms with Gasteiger partial charge in [0.15, 0.2) is 0 Å². The zero-order valence-electron chi connectivity index (χ0n) is 15.8. The first kappa shape index (κ1) is 17.5. The lowest BCUT2D eigenvalue weighted by molar-refractivity contribution is 0.0987. The number of methoxy groups -OCH3 is 1. The van der Waals surface area contributed by atoms with Gasteiger partial charge in [-0.2, -0.15) is 0 Å². The maximum absolute atomic E-state index is 12.5. The van der Waals surface area contributed by atoms with Gasteiger partial charge < -0.3 is 19.4 Å². The van der Waals surface area contributed by atoms with Crippen LogP contribution in [0, 0.1) is 6.92 Å². The smallest absolute Gasteiger partial charge is 0.341 e. The number of anilines is 1. The Morgan fingerprint density at radius 2 is 2.15 bits per heavy atom. The minimum atomic E-state index is -0.199. The normalized spacial score (nSPS) is 21.2. The molecule has 6 nitrogen and oxygen atoms in total. The molecule has 1 aromatic heterocycles. The van der Waals surface area contributed by atoms with Gasteiger partial charge in [-0.1, -0.05) is 0 Å². The van der Waals surface area contributed by atoms with Crippen LogP contribution in [0.25, 0.3) is 11.0 Å². The summed E-state index contributed by atoms with van der Waals surface area (Å²) in [5, 5.41) is 4.35. The van der Waals surface area contributed by atoms with Crippen molar-refractivity contribution in [3.8, 4) is 0 Å². The highest BCUT2D eigenvalue weighted by atomic mass is 16.5. The molecule has 4 rings (SSSR count). The van der Waals surface area contributed by atoms with Crippen molar-refractivity contribution in [1.82, 2.24) is 10.2 Å². The van der Waals surface area contributed by atoms with E-state index >= 15 is 0 Å². The highest BCUT2D eigenvalue weighted by Crippen LogP contribution is 2.32. The van der Waals surface area contributed by atoms with E-state index in [1.165, 1.54) is 0 Å². The Labute approximate surface area is 153 Å². The molecular formula is C20H27N3O3. The van der Waals surface area contributed by atoms with Crippen molar-refractivity contribution in [1.29, 1.82) is 0 Å². The molecule has 26 heavy (non-hydrogen) atoms. The summed E-state index contributed by atoms with van der Waals surface area (Å²) in [4.78, 5) is 17.2. The SMILES string of the molecule is COC[C@H]1CN(c2ccc3c4c(c(=O)oc3c2C)CNCC4)CCN1C. The molecule has 1 N–H and O–H groups in total. The maximum atomic E-state index is 12.5. The van der Waals surface area contributed by atoms with Gasteiger partial charge in [0.05, 0.1) is 18.2 Å². The Morgan fingerprint density at radius 3 is 2.96 bits per heavy atom. The third kappa shape index (κ3) is 2.92. The van der Waals surface area contributed by atoms with Crippen LogP contribution in [0.2, 0.25) is 0 Å². The first-order valence-corrected chi connectivity index (χ1v) is 9.33. The van der Waals surface area contributed by atoms with Crippen LogP contribution in [0.15, 0.2) is 21.3 Å². The van der Waals surface area contributed by atoms with Crippen LogP contribution in [-0.2, 0) is 17.7 Å². The number of rotatable bonds is 3. The lowest BCUT2D eigenvalue weighted by Gasteiger charge is -2.41. The maximum Gasteiger partial charge on any atom is 0.341 e. The average Bonchev–Trinajstić information content (AvgIpc) is 2.65. The summed E-state index contributed by atoms with van der Waals surface area (Å²) in [5.41, 5.74) is 4.70. The molecule has 2 aromatic rings. The molecule has 0 saturated carbocycles. The van der Waals surface area contributed by atoms with E-state index in [0.717, 1.165) is 72.6 Å². The summed E-state index contributed by atoms with van der Waals surface area (Å²) in [7, 11) is 3.90. The summed E-state index contributed by atoms with van der Waals surface area (Å²) in [5.74, 6) is 0. The van der Waals surface area contributed by atoms with Crippen LogP contribution in [0.1, 0.15) is 16.7 Å². The van der Waals surface area contributed by atoms with E-state index in [2.05, 4.69) is 41.2 Å². The van der Waals surface area contributed by atoms with Gasteiger partial charge in [0, 0.05) is 49.9 Å². The van der Waals surface area contributed by atoms with Gasteiger partial charge in [0.25, 0.3) is 0 Å². The minimum absolute atomic E-state index is 0.199. The summed E-state index contributed by atoms with van der Waals surface area (Å²) < 4.78 is 11.1. The molecule has 1 fully saturated rings. The number of aryl methyl sites for hydroxylation is 1. The molecule has 0 amide bonds. The summed E-state index contributed by atoms with van der Waals surface area (Å²) in [6.45, 7) is 7.16. The number of likely N-dealkylation sites (N-methyl/N-ethyl adjacent to an activating group) is 1. The number of fused-ring (bicyclic) bond motifs is 3. The molecule has 0 bridgehead atoms. The van der Waals surface area contributed by atoms with Crippen molar-refractivity contribution in [3.63, 3.8) is 0 Å². The van der Waals surface area contributed by atoms with Gasteiger partial charge in [0.2, 0.25) is 0 Å². The van der Waals surface area contributed by atoms with Crippen molar-refractivity contribution in [2.24, 2.45) is 0 Å². The lowest BCUT2D eigenvalue weighted by Crippen LogP contribution is -2.53. The van der Waals surface area contributed by atoms with Gasteiger partial charge in [-0.15, -0.1) is 0 Å². The first-order valence-electron chi connectivity index (χ1n) is 9.33. The topological polar surface area (TPSA) is 58.0 Å². The largest absolute Gasteiger partial charge is 0.422 e. The Bertz CT molecular complexity index is 877. The van der Waals surface area contributed by atoms with Gasteiger partial charge in [0.1, 0.15) is 5.58 Å². The van der Waals surface area contributed by atoms with E-state index in [1.54, 1.807) is 7.11 Å². The predicted molar refractivity (Wildman–Crippen MR) is 103 cm³/mol. The molecule has 1 atom stereocenters. The van der Waals surface area contributed by atoms with Crippen LogP contribution in [0.3, 0.4) is 0 Å². The summed E-state index contributed by atoms with van der Waals surface area (Å²) in [6, 6.07) is 4.69. The Morgan fingerprint density at radius 1 is 1.31 bits per heavy atom. The second-order valence-electron chi connectivity index (χ2n) is 7.40. The zero-order valence-corrected chi connectivity index (χ0v) is 15.8. The number of nitrogens with zero attached hydrogens (tertiary/aromatic N) is 2. The average molecular weight is 357 g/mol. The molecule has 1 saturated heterocycles. The zero-order chi connectivity index (χ0) is 18.3. The molecule has 6 heteroatoms. The monoisotopic (exact) mass is 357 g/mol. The van der Waals surface area contributed by atoms with E-state index in [9.17, 15) is 4.79 Å². The second-order valence-corrected chi connectivity index (χ2v) is 7.40. The second kappa shape index (κ2) is 7.02. The fourth-order valence-electron chi connectivity index (χ4n) is 4.26. The highest BCUT2D eigenvalue weighted by Gasteiger charge is 2.27. The van der Waals surface area contributed by atoms with E-state index < -0.39 is 0 Å². The number of benzene rings is 1. The Kier molecular flexibility index (Phi) is 4.73. The first-order chi connectivity index (χ1) is 12.6. The van der Waals surface area contributed by atoms with Crippen molar-refractivity contribution < 1.29 is 9.15 Å². The van der Waals surface area contributed by atoms with Crippen molar-refractivity contribution in [2.45, 2.75) is 25.9 Å². The van der Waals surface area contributed by atoms with Gasteiger partial charge in [-0.25, -0.2) is 4.79 Å². The van der Waals surface area contributed by atoms with Crippen molar-refractivity contribution in [2.75, 3.05) is 51.8 Å². The third-order valence-corrected chi connectivity index (χ3v) is 5.84. The molecular weight excluding hydrogens is 330 g/mol. The van der Waals surface area contributed by atoms with Crippen LogP contribution < -0.4 is 15.8 Å². The molecule has 3 heterocycles. The number of nitrogens with one attached hydrogen (secondary N) is 1. The predicted octanol–water partition coefficient (Wildman–Crippen LogP) is 1.51. The molecule has 140 valence electrons. The van der Waals surface area contributed by atoms with Gasteiger partial charge in [-0.3, -0.25) is 4.90 Å². The molecule has 0 unspecified atom stereocenters. The fraction of sp³-hybridized carbons (Fsp3) is 0.550. The fourth-order valence-corrected chi connectivity index (χ4v) is 4.26. The summed E-state index contributed by atoms with van der Waals surface area (Å²) >= 11 is 0. The van der Waals surface area contributed by atoms with E-state index in [4.69, 9.17) is 9.15 Å². The Balaban J connectivity index is 1.75. The van der Waals surface area contributed by atoms with Crippen LogP contribution in [0.4, 0.5) is 5.69 Å². The van der Waals surface area contributed by atoms with Crippen LogP contribution >= 0.6 is 0 Å². The van der Waals surface area contributed by atoms with Crippen molar-refractivity contribution >= 4 is 16.7 Å². The highest BCUT2D eigenvalue weighted by molar-refractivity contribution is 5.88. The number of piperazine rings is 1. The van der Waals surface area contributed by atoms with E-state index in [1.807, 2.05) is 0 Å². The van der Waals surface area contributed by atoms with Gasteiger partial charge in [-0.05, 0) is 44.6 Å². The molecule has 0 aliphatic carbocycles.